The molecule has 0 spiro atoms. The summed E-state index contributed by atoms with van der Waals surface area (Å²) in [6.07, 6.45) is 3.85. The normalized spacial score (nSPS) is 10.7. The third-order valence-corrected chi connectivity index (χ3v) is 2.56. The topological polar surface area (TPSA) is 59.4 Å². The highest BCUT2D eigenvalue weighted by atomic mass is 19.1. The zero-order chi connectivity index (χ0) is 14.5. The van der Waals surface area contributed by atoms with Crippen LogP contribution in [0.4, 0.5) is 4.39 Å². The van der Waals surface area contributed by atoms with Crippen LogP contribution in [-0.2, 0) is 4.79 Å². The maximum Gasteiger partial charge on any atom is 0.328 e. The van der Waals surface area contributed by atoms with Crippen molar-refractivity contribution in [1.82, 2.24) is 4.98 Å². The van der Waals surface area contributed by atoms with Crippen LogP contribution in [0, 0.1) is 12.7 Å². The van der Waals surface area contributed by atoms with E-state index in [1.807, 2.05) is 0 Å². The molecule has 1 aromatic carbocycles. The zero-order valence-corrected chi connectivity index (χ0v) is 10.7. The lowest BCUT2D eigenvalue weighted by Gasteiger charge is -2.10. The van der Waals surface area contributed by atoms with E-state index in [0.717, 1.165) is 6.08 Å². The van der Waals surface area contributed by atoms with Crippen LogP contribution in [0.1, 0.15) is 11.3 Å². The number of aliphatic carboxylic acids is 1. The average Bonchev–Trinajstić information content (AvgIpc) is 2.41. The van der Waals surface area contributed by atoms with Gasteiger partial charge in [-0.25, -0.2) is 9.18 Å². The van der Waals surface area contributed by atoms with Gasteiger partial charge in [-0.05, 0) is 43.3 Å². The van der Waals surface area contributed by atoms with Gasteiger partial charge in [-0.3, -0.25) is 4.98 Å². The number of pyridine rings is 1. The Hall–Kier alpha value is -2.69. The Morgan fingerprint density at radius 1 is 1.35 bits per heavy atom. The smallest absolute Gasteiger partial charge is 0.328 e. The van der Waals surface area contributed by atoms with Crippen LogP contribution in [-0.4, -0.2) is 16.1 Å². The number of nitrogens with zero attached hydrogens (tertiary/aromatic N) is 1. The molecule has 0 amide bonds. The van der Waals surface area contributed by atoms with E-state index in [0.29, 0.717) is 22.8 Å². The first-order chi connectivity index (χ1) is 9.56. The minimum absolute atomic E-state index is 0.343. The molecule has 0 fully saturated rings. The Kier molecular flexibility index (Phi) is 4.10. The Bertz CT molecular complexity index is 668. The molecule has 0 atom stereocenters. The van der Waals surface area contributed by atoms with Gasteiger partial charge in [-0.15, -0.1) is 0 Å². The Labute approximate surface area is 115 Å². The van der Waals surface area contributed by atoms with Gasteiger partial charge in [0, 0.05) is 17.8 Å². The molecule has 102 valence electrons. The van der Waals surface area contributed by atoms with Crippen molar-refractivity contribution in [3.63, 3.8) is 0 Å². The van der Waals surface area contributed by atoms with E-state index in [9.17, 15) is 9.18 Å². The fraction of sp³-hybridized carbons (Fsp3) is 0.0667. The monoisotopic (exact) mass is 273 g/mol. The number of carbonyl (C=O) groups is 1. The number of aryl methyl sites for hydroxylation is 1. The predicted octanol–water partition coefficient (Wildman–Crippen LogP) is 3.42. The molecule has 2 rings (SSSR count). The van der Waals surface area contributed by atoms with E-state index in [1.165, 1.54) is 24.3 Å². The maximum absolute atomic E-state index is 13.2. The lowest BCUT2D eigenvalue weighted by molar-refractivity contribution is -0.131. The molecule has 0 bridgehead atoms. The van der Waals surface area contributed by atoms with Crippen LogP contribution in [0.2, 0.25) is 0 Å². The summed E-state index contributed by atoms with van der Waals surface area (Å²) in [5.41, 5.74) is 1.03. The first kappa shape index (κ1) is 13.7. The number of rotatable bonds is 4. The third-order valence-electron chi connectivity index (χ3n) is 2.56. The largest absolute Gasteiger partial charge is 0.478 e. The molecule has 0 saturated heterocycles. The fourth-order valence-electron chi connectivity index (χ4n) is 1.60. The van der Waals surface area contributed by atoms with Crippen molar-refractivity contribution in [2.24, 2.45) is 0 Å². The summed E-state index contributed by atoms with van der Waals surface area (Å²) in [6, 6.07) is 7.36. The van der Waals surface area contributed by atoms with Crippen molar-refractivity contribution in [2.45, 2.75) is 6.92 Å². The second kappa shape index (κ2) is 5.97. The number of halogens is 1. The molecular weight excluding hydrogens is 261 g/mol. The highest BCUT2D eigenvalue weighted by Crippen LogP contribution is 2.28. The van der Waals surface area contributed by atoms with Crippen LogP contribution in [0.3, 0.4) is 0 Å². The minimum atomic E-state index is -1.11. The fourth-order valence-corrected chi connectivity index (χ4v) is 1.60. The van der Waals surface area contributed by atoms with Gasteiger partial charge in [0.2, 0.25) is 0 Å². The molecule has 0 aliphatic carbocycles. The average molecular weight is 273 g/mol. The molecular formula is C15H12FNO3. The van der Waals surface area contributed by atoms with Gasteiger partial charge in [0.15, 0.2) is 0 Å². The van der Waals surface area contributed by atoms with Crippen LogP contribution in [0.25, 0.3) is 6.08 Å². The second-order valence-corrected chi connectivity index (χ2v) is 4.04. The number of carboxylic acid groups (broad SMARTS) is 1. The SMILES string of the molecule is Cc1ncccc1Oc1ccc(F)cc1/C=C/C(=O)O. The van der Waals surface area contributed by atoms with Crippen LogP contribution in [0.15, 0.2) is 42.6 Å². The van der Waals surface area contributed by atoms with Gasteiger partial charge >= 0.3 is 5.97 Å². The summed E-state index contributed by atoms with van der Waals surface area (Å²) in [5, 5.41) is 8.64. The Morgan fingerprint density at radius 3 is 2.85 bits per heavy atom. The molecule has 1 aromatic heterocycles. The lowest BCUT2D eigenvalue weighted by Crippen LogP contribution is -1.93. The van der Waals surface area contributed by atoms with Gasteiger partial charge in [-0.2, -0.15) is 0 Å². The third kappa shape index (κ3) is 3.41. The number of hydrogen-bond acceptors (Lipinski definition) is 3. The molecule has 2 aromatic rings. The van der Waals surface area contributed by atoms with Crippen molar-refractivity contribution < 1.29 is 19.0 Å². The van der Waals surface area contributed by atoms with E-state index >= 15 is 0 Å². The molecule has 1 N–H and O–H groups in total. The van der Waals surface area contributed by atoms with Crippen molar-refractivity contribution in [2.75, 3.05) is 0 Å². The highest BCUT2D eigenvalue weighted by Gasteiger charge is 2.07. The standard InChI is InChI=1S/C15H12FNO3/c1-10-13(3-2-8-17-10)20-14-6-5-12(16)9-11(14)4-7-15(18)19/h2-9H,1H3,(H,18,19)/b7-4+. The first-order valence-corrected chi connectivity index (χ1v) is 5.86. The zero-order valence-electron chi connectivity index (χ0n) is 10.7. The summed E-state index contributed by atoms with van der Waals surface area (Å²) in [5.74, 6) is -0.688. The Morgan fingerprint density at radius 2 is 2.15 bits per heavy atom. The van der Waals surface area contributed by atoms with Crippen molar-refractivity contribution >= 4 is 12.0 Å². The van der Waals surface area contributed by atoms with Gasteiger partial charge in [0.1, 0.15) is 17.3 Å². The molecule has 0 unspecified atom stereocenters. The first-order valence-electron chi connectivity index (χ1n) is 5.86. The quantitative estimate of drug-likeness (QED) is 0.867. The molecule has 1 heterocycles. The second-order valence-electron chi connectivity index (χ2n) is 4.04. The number of hydrogen-bond donors (Lipinski definition) is 1. The van der Waals surface area contributed by atoms with Gasteiger partial charge in [-0.1, -0.05) is 0 Å². The molecule has 20 heavy (non-hydrogen) atoms. The molecule has 0 aliphatic heterocycles. The maximum atomic E-state index is 13.2. The molecule has 5 heteroatoms. The summed E-state index contributed by atoms with van der Waals surface area (Å²) >= 11 is 0. The number of carboxylic acids is 1. The summed E-state index contributed by atoms with van der Waals surface area (Å²) in [4.78, 5) is 14.6. The van der Waals surface area contributed by atoms with Gasteiger partial charge in [0.05, 0.1) is 5.69 Å². The summed E-state index contributed by atoms with van der Waals surface area (Å²) in [7, 11) is 0. The summed E-state index contributed by atoms with van der Waals surface area (Å²) < 4.78 is 18.9. The van der Waals surface area contributed by atoms with Crippen LogP contribution < -0.4 is 4.74 Å². The number of aromatic nitrogens is 1. The highest BCUT2D eigenvalue weighted by molar-refractivity contribution is 5.85. The minimum Gasteiger partial charge on any atom is -0.478 e. The molecule has 0 saturated carbocycles. The van der Waals surface area contributed by atoms with E-state index in [2.05, 4.69) is 4.98 Å². The van der Waals surface area contributed by atoms with Crippen molar-refractivity contribution in [3.8, 4) is 11.5 Å². The van der Waals surface area contributed by atoms with E-state index in [1.54, 1.807) is 25.3 Å². The van der Waals surface area contributed by atoms with E-state index < -0.39 is 11.8 Å². The van der Waals surface area contributed by atoms with Crippen molar-refractivity contribution in [1.29, 1.82) is 0 Å². The number of ether oxygens (including phenoxy) is 1. The Balaban J connectivity index is 2.36. The van der Waals surface area contributed by atoms with Gasteiger partial charge in [0.25, 0.3) is 0 Å². The van der Waals surface area contributed by atoms with E-state index in [-0.39, 0.29) is 0 Å². The summed E-state index contributed by atoms with van der Waals surface area (Å²) in [6.45, 7) is 1.78. The van der Waals surface area contributed by atoms with Crippen LogP contribution in [0.5, 0.6) is 11.5 Å². The predicted molar refractivity (Wildman–Crippen MR) is 72.1 cm³/mol. The lowest BCUT2D eigenvalue weighted by atomic mass is 10.2. The molecule has 4 nitrogen and oxygen atoms in total. The molecule has 0 aliphatic rings. The number of benzene rings is 1. The molecule has 0 radical (unpaired) electrons. The van der Waals surface area contributed by atoms with Crippen molar-refractivity contribution in [3.05, 3.63) is 59.7 Å². The van der Waals surface area contributed by atoms with Crippen LogP contribution >= 0.6 is 0 Å². The van der Waals surface area contributed by atoms with Gasteiger partial charge < -0.3 is 9.84 Å². The van der Waals surface area contributed by atoms with E-state index in [4.69, 9.17) is 9.84 Å².